The molecule has 1 aliphatic rings. The first-order chi connectivity index (χ1) is 9.42. The van der Waals surface area contributed by atoms with Crippen LogP contribution in [0.4, 0.5) is 5.69 Å². The second kappa shape index (κ2) is 5.74. The molecule has 1 atom stereocenters. The Hall–Kier alpha value is -2.03. The number of aromatic nitrogens is 1. The third-order valence-corrected chi connectivity index (χ3v) is 3.51. The van der Waals surface area contributed by atoms with E-state index < -0.39 is 0 Å². The van der Waals surface area contributed by atoms with Crippen LogP contribution in [0.5, 0.6) is 5.88 Å². The second-order valence-corrected chi connectivity index (χ2v) is 4.92. The number of rotatable bonds is 4. The van der Waals surface area contributed by atoms with Gasteiger partial charge in [-0.05, 0) is 24.6 Å². The molecule has 1 aromatic heterocycles. The Bertz CT molecular complexity index is 501. The van der Waals surface area contributed by atoms with Crippen molar-refractivity contribution in [2.45, 2.75) is 6.42 Å². The smallest absolute Gasteiger partial charge is 0.213 e. The first-order valence-corrected chi connectivity index (χ1v) is 6.75. The fraction of sp³-hybridized carbons (Fsp3) is 0.312. The van der Waals surface area contributed by atoms with Crippen molar-refractivity contribution in [1.29, 1.82) is 0 Å². The van der Waals surface area contributed by atoms with E-state index in [2.05, 4.69) is 40.2 Å². The van der Waals surface area contributed by atoms with Crippen LogP contribution in [-0.4, -0.2) is 24.7 Å². The van der Waals surface area contributed by atoms with Gasteiger partial charge in [0, 0.05) is 37.0 Å². The number of hydrogen-bond donors (Lipinski definition) is 0. The van der Waals surface area contributed by atoms with E-state index in [1.807, 2.05) is 18.2 Å². The molecule has 0 amide bonds. The molecule has 0 spiro atoms. The lowest BCUT2D eigenvalue weighted by Gasteiger charge is -2.18. The van der Waals surface area contributed by atoms with Gasteiger partial charge in [-0.1, -0.05) is 24.3 Å². The molecule has 2 aromatic rings. The monoisotopic (exact) mass is 254 g/mol. The van der Waals surface area contributed by atoms with E-state index in [0.717, 1.165) is 25.6 Å². The normalized spacial score (nSPS) is 18.5. The van der Waals surface area contributed by atoms with Gasteiger partial charge < -0.3 is 9.64 Å². The van der Waals surface area contributed by atoms with Crippen LogP contribution >= 0.6 is 0 Å². The third kappa shape index (κ3) is 3.05. The number of nitrogens with zero attached hydrogens (tertiary/aromatic N) is 2. The zero-order chi connectivity index (χ0) is 12.9. The fourth-order valence-corrected chi connectivity index (χ4v) is 2.48. The molecule has 1 aromatic carbocycles. The minimum absolute atomic E-state index is 0.585. The summed E-state index contributed by atoms with van der Waals surface area (Å²) in [5.74, 6) is 1.31. The maximum Gasteiger partial charge on any atom is 0.213 e. The largest absolute Gasteiger partial charge is 0.477 e. The van der Waals surface area contributed by atoms with E-state index in [0.29, 0.717) is 5.92 Å². The Morgan fingerprint density at radius 3 is 2.74 bits per heavy atom. The molecule has 19 heavy (non-hydrogen) atoms. The highest BCUT2D eigenvalue weighted by Gasteiger charge is 2.23. The van der Waals surface area contributed by atoms with Gasteiger partial charge in [-0.3, -0.25) is 0 Å². The van der Waals surface area contributed by atoms with Crippen LogP contribution in [-0.2, 0) is 0 Å². The molecule has 2 heterocycles. The summed E-state index contributed by atoms with van der Waals surface area (Å²) in [5.41, 5.74) is 1.31. The zero-order valence-corrected chi connectivity index (χ0v) is 10.9. The molecule has 1 fully saturated rings. The van der Waals surface area contributed by atoms with E-state index >= 15 is 0 Å². The van der Waals surface area contributed by atoms with Crippen molar-refractivity contribution in [3.63, 3.8) is 0 Å². The Morgan fingerprint density at radius 1 is 1.11 bits per heavy atom. The summed E-state index contributed by atoms with van der Waals surface area (Å²) in [4.78, 5) is 6.60. The summed E-state index contributed by atoms with van der Waals surface area (Å²) < 4.78 is 5.74. The van der Waals surface area contributed by atoms with Gasteiger partial charge in [0.05, 0.1) is 6.61 Å². The number of anilines is 1. The number of ether oxygens (including phenoxy) is 1. The van der Waals surface area contributed by atoms with Gasteiger partial charge in [0.1, 0.15) is 0 Å². The second-order valence-electron chi connectivity index (χ2n) is 4.92. The summed E-state index contributed by atoms with van der Waals surface area (Å²) in [7, 11) is 0. The van der Waals surface area contributed by atoms with Gasteiger partial charge >= 0.3 is 0 Å². The Morgan fingerprint density at radius 2 is 1.95 bits per heavy atom. The summed E-state index contributed by atoms with van der Waals surface area (Å²) >= 11 is 0. The Labute approximate surface area is 113 Å². The quantitative estimate of drug-likeness (QED) is 0.838. The number of hydrogen-bond acceptors (Lipinski definition) is 3. The molecule has 0 N–H and O–H groups in total. The van der Waals surface area contributed by atoms with Crippen molar-refractivity contribution in [3.05, 3.63) is 54.7 Å². The van der Waals surface area contributed by atoms with Crippen LogP contribution < -0.4 is 9.64 Å². The molecule has 3 heteroatoms. The third-order valence-electron chi connectivity index (χ3n) is 3.51. The molecule has 3 rings (SSSR count). The van der Waals surface area contributed by atoms with Crippen molar-refractivity contribution in [2.75, 3.05) is 24.6 Å². The predicted octanol–water partition coefficient (Wildman–Crippen LogP) is 2.99. The van der Waals surface area contributed by atoms with Crippen molar-refractivity contribution in [3.8, 4) is 5.88 Å². The Kier molecular flexibility index (Phi) is 3.63. The maximum absolute atomic E-state index is 5.74. The summed E-state index contributed by atoms with van der Waals surface area (Å²) in [5, 5.41) is 0. The van der Waals surface area contributed by atoms with Crippen molar-refractivity contribution in [1.82, 2.24) is 4.98 Å². The van der Waals surface area contributed by atoms with Gasteiger partial charge in [0.15, 0.2) is 0 Å². The lowest BCUT2D eigenvalue weighted by atomic mass is 10.1. The maximum atomic E-state index is 5.74. The Balaban J connectivity index is 1.52. The summed E-state index contributed by atoms with van der Waals surface area (Å²) in [6.07, 6.45) is 2.95. The standard InChI is InChI=1S/C16H18N2O/c1-2-6-15(7-3-1)18-11-9-14(12-18)13-19-16-8-4-5-10-17-16/h1-8,10,14H,9,11-13H2. The molecule has 0 saturated carbocycles. The number of para-hydroxylation sites is 1. The van der Waals surface area contributed by atoms with E-state index in [4.69, 9.17) is 4.74 Å². The highest BCUT2D eigenvalue weighted by Crippen LogP contribution is 2.23. The van der Waals surface area contributed by atoms with E-state index in [1.165, 1.54) is 12.1 Å². The van der Waals surface area contributed by atoms with E-state index in [9.17, 15) is 0 Å². The lowest BCUT2D eigenvalue weighted by Crippen LogP contribution is -2.21. The molecule has 1 aliphatic heterocycles. The predicted molar refractivity (Wildman–Crippen MR) is 76.5 cm³/mol. The zero-order valence-electron chi connectivity index (χ0n) is 10.9. The molecule has 98 valence electrons. The summed E-state index contributed by atoms with van der Waals surface area (Å²) in [6.45, 7) is 2.93. The van der Waals surface area contributed by atoms with E-state index in [-0.39, 0.29) is 0 Å². The molecular formula is C16H18N2O. The first kappa shape index (κ1) is 12.0. The molecule has 0 bridgehead atoms. The molecule has 3 nitrogen and oxygen atoms in total. The van der Waals surface area contributed by atoms with Crippen LogP contribution in [0.15, 0.2) is 54.7 Å². The van der Waals surface area contributed by atoms with E-state index in [1.54, 1.807) is 6.20 Å². The molecule has 0 radical (unpaired) electrons. The van der Waals surface area contributed by atoms with Crippen molar-refractivity contribution >= 4 is 5.69 Å². The highest BCUT2D eigenvalue weighted by atomic mass is 16.5. The molecule has 0 aliphatic carbocycles. The minimum Gasteiger partial charge on any atom is -0.477 e. The van der Waals surface area contributed by atoms with Crippen LogP contribution in [0.1, 0.15) is 6.42 Å². The fourth-order valence-electron chi connectivity index (χ4n) is 2.48. The first-order valence-electron chi connectivity index (χ1n) is 6.75. The highest BCUT2D eigenvalue weighted by molar-refractivity contribution is 5.46. The SMILES string of the molecule is c1ccc(N2CCC(COc3ccccn3)C2)cc1. The van der Waals surface area contributed by atoms with Gasteiger partial charge in [0.2, 0.25) is 5.88 Å². The van der Waals surface area contributed by atoms with Crippen LogP contribution in [0.2, 0.25) is 0 Å². The van der Waals surface area contributed by atoms with Gasteiger partial charge in [-0.15, -0.1) is 0 Å². The van der Waals surface area contributed by atoms with Gasteiger partial charge in [-0.2, -0.15) is 0 Å². The minimum atomic E-state index is 0.585. The van der Waals surface area contributed by atoms with Gasteiger partial charge in [0.25, 0.3) is 0 Å². The average molecular weight is 254 g/mol. The average Bonchev–Trinajstić information content (AvgIpc) is 2.96. The van der Waals surface area contributed by atoms with Gasteiger partial charge in [-0.25, -0.2) is 4.98 Å². The number of benzene rings is 1. The summed E-state index contributed by atoms with van der Waals surface area (Å²) in [6, 6.07) is 16.3. The van der Waals surface area contributed by atoms with Crippen molar-refractivity contribution < 1.29 is 4.74 Å². The lowest BCUT2D eigenvalue weighted by molar-refractivity contribution is 0.252. The topological polar surface area (TPSA) is 25.4 Å². The van der Waals surface area contributed by atoms with Crippen molar-refractivity contribution in [2.24, 2.45) is 5.92 Å². The van der Waals surface area contributed by atoms with Crippen LogP contribution in [0.3, 0.4) is 0 Å². The van der Waals surface area contributed by atoms with Crippen LogP contribution in [0, 0.1) is 5.92 Å². The molecular weight excluding hydrogens is 236 g/mol. The molecule has 1 saturated heterocycles. The van der Waals surface area contributed by atoms with Crippen LogP contribution in [0.25, 0.3) is 0 Å². The number of pyridine rings is 1. The molecule has 1 unspecified atom stereocenters.